The summed E-state index contributed by atoms with van der Waals surface area (Å²) in [5.41, 5.74) is 0.852. The molecule has 0 amide bonds. The molecule has 0 radical (unpaired) electrons. The number of aryl methyl sites for hydroxylation is 1. The van der Waals surface area contributed by atoms with Gasteiger partial charge in [0, 0.05) is 11.9 Å². The first kappa shape index (κ1) is 18.8. The molecule has 1 aliphatic heterocycles. The fraction of sp³-hybridized carbons (Fsp3) is 0.500. The van der Waals surface area contributed by atoms with Crippen LogP contribution in [0.4, 0.5) is 0 Å². The molecule has 1 saturated heterocycles. The van der Waals surface area contributed by atoms with Crippen molar-refractivity contribution in [2.45, 2.75) is 24.0 Å². The maximum absolute atomic E-state index is 12.4. The van der Waals surface area contributed by atoms with Gasteiger partial charge in [0.25, 0.3) is 0 Å². The van der Waals surface area contributed by atoms with Crippen LogP contribution in [0.1, 0.15) is 17.8 Å². The zero-order valence-corrected chi connectivity index (χ0v) is 16.0. The second-order valence-electron chi connectivity index (χ2n) is 5.43. The Morgan fingerprint density at radius 1 is 1.43 bits per heavy atom. The number of thiophene rings is 1. The maximum Gasteiger partial charge on any atom is 0.250 e. The highest BCUT2D eigenvalue weighted by Crippen LogP contribution is 2.31. The molecule has 3 heterocycles. The summed E-state index contributed by atoms with van der Waals surface area (Å²) in [6, 6.07) is 3.49. The topological polar surface area (TPSA) is 71.1 Å². The molecule has 0 aliphatic carbocycles. The van der Waals surface area contributed by atoms with Gasteiger partial charge in [-0.15, -0.1) is 35.1 Å². The van der Waals surface area contributed by atoms with Crippen molar-refractivity contribution >= 4 is 45.1 Å². The maximum atomic E-state index is 12.4. The molecule has 2 N–H and O–H groups in total. The van der Waals surface area contributed by atoms with E-state index < -0.39 is 10.0 Å². The summed E-state index contributed by atoms with van der Waals surface area (Å²) < 4.78 is 27.9. The second kappa shape index (κ2) is 8.04. The summed E-state index contributed by atoms with van der Waals surface area (Å²) in [6.45, 7) is 4.36. The lowest BCUT2D eigenvalue weighted by molar-refractivity contribution is 0.376. The van der Waals surface area contributed by atoms with Gasteiger partial charge in [0.1, 0.15) is 4.21 Å². The Morgan fingerprint density at radius 3 is 2.91 bits per heavy atom. The summed E-state index contributed by atoms with van der Waals surface area (Å²) in [5, 5.41) is 6.24. The quantitative estimate of drug-likeness (QED) is 0.819. The van der Waals surface area contributed by atoms with Crippen molar-refractivity contribution in [3.05, 3.63) is 22.5 Å². The third kappa shape index (κ3) is 4.74. The molecular formula is C14H20ClN3O2S3. The van der Waals surface area contributed by atoms with Crippen LogP contribution in [0.5, 0.6) is 0 Å². The number of halogens is 1. The number of nitrogens with zero attached hydrogens (tertiary/aromatic N) is 1. The number of rotatable bonds is 5. The molecule has 128 valence electrons. The van der Waals surface area contributed by atoms with Crippen LogP contribution < -0.4 is 10.0 Å². The van der Waals surface area contributed by atoms with Crippen LogP contribution in [-0.2, 0) is 10.0 Å². The number of hydrogen-bond donors (Lipinski definition) is 2. The van der Waals surface area contributed by atoms with Crippen LogP contribution in [0.15, 0.2) is 21.7 Å². The zero-order valence-electron chi connectivity index (χ0n) is 12.7. The Balaban J connectivity index is 0.00000192. The second-order valence-corrected chi connectivity index (χ2v) is 9.57. The molecule has 23 heavy (non-hydrogen) atoms. The monoisotopic (exact) mass is 393 g/mol. The summed E-state index contributed by atoms with van der Waals surface area (Å²) in [7, 11) is -3.42. The summed E-state index contributed by atoms with van der Waals surface area (Å²) in [4.78, 5) is 5.29. The van der Waals surface area contributed by atoms with E-state index in [4.69, 9.17) is 0 Å². The summed E-state index contributed by atoms with van der Waals surface area (Å²) in [5.74, 6) is 0.379. The van der Waals surface area contributed by atoms with E-state index in [1.165, 1.54) is 11.3 Å². The third-order valence-corrected chi connectivity index (χ3v) is 7.48. The molecule has 0 bridgehead atoms. The molecular weight excluding hydrogens is 374 g/mol. The number of sulfonamides is 1. The predicted octanol–water partition coefficient (Wildman–Crippen LogP) is 2.88. The minimum absolute atomic E-state index is 0. The van der Waals surface area contributed by atoms with Crippen molar-refractivity contribution in [3.8, 4) is 10.6 Å². The highest BCUT2D eigenvalue weighted by Gasteiger charge is 2.21. The van der Waals surface area contributed by atoms with Gasteiger partial charge in [-0.3, -0.25) is 0 Å². The molecule has 0 aromatic carbocycles. The number of nitrogens with one attached hydrogen (secondary N) is 2. The third-order valence-electron chi connectivity index (χ3n) is 3.68. The summed E-state index contributed by atoms with van der Waals surface area (Å²) in [6.07, 6.45) is 2.18. The molecule has 1 aliphatic rings. The first-order valence-electron chi connectivity index (χ1n) is 7.27. The van der Waals surface area contributed by atoms with Crippen molar-refractivity contribution < 1.29 is 8.42 Å². The highest BCUT2D eigenvalue weighted by molar-refractivity contribution is 7.91. The van der Waals surface area contributed by atoms with Gasteiger partial charge >= 0.3 is 0 Å². The van der Waals surface area contributed by atoms with E-state index in [1.807, 2.05) is 18.4 Å². The molecule has 0 saturated carbocycles. The van der Waals surface area contributed by atoms with Crippen molar-refractivity contribution in [3.63, 3.8) is 0 Å². The van der Waals surface area contributed by atoms with Crippen LogP contribution in [-0.4, -0.2) is 33.0 Å². The largest absolute Gasteiger partial charge is 0.316 e. The van der Waals surface area contributed by atoms with Crippen molar-refractivity contribution in [1.29, 1.82) is 0 Å². The smallest absolute Gasteiger partial charge is 0.250 e. The lowest BCUT2D eigenvalue weighted by Gasteiger charge is -2.22. The van der Waals surface area contributed by atoms with Gasteiger partial charge in [-0.1, -0.05) is 0 Å². The van der Waals surface area contributed by atoms with E-state index in [2.05, 4.69) is 15.0 Å². The first-order chi connectivity index (χ1) is 10.5. The van der Waals surface area contributed by atoms with E-state index >= 15 is 0 Å². The van der Waals surface area contributed by atoms with Gasteiger partial charge in [-0.25, -0.2) is 18.1 Å². The normalized spacial score (nSPS) is 18.6. The molecule has 2 aromatic heterocycles. The van der Waals surface area contributed by atoms with Crippen LogP contribution >= 0.6 is 35.1 Å². The minimum atomic E-state index is -3.42. The van der Waals surface area contributed by atoms with Gasteiger partial charge in [0.15, 0.2) is 0 Å². The lowest BCUT2D eigenvalue weighted by Crippen LogP contribution is -2.37. The average molecular weight is 394 g/mol. The van der Waals surface area contributed by atoms with Gasteiger partial charge in [-0.2, -0.15) is 0 Å². The number of thiazole rings is 1. The van der Waals surface area contributed by atoms with Gasteiger partial charge in [-0.05, 0) is 50.9 Å². The Morgan fingerprint density at radius 2 is 2.26 bits per heavy atom. The molecule has 1 unspecified atom stereocenters. The Kier molecular flexibility index (Phi) is 6.58. The first-order valence-corrected chi connectivity index (χ1v) is 10.5. The molecule has 5 nitrogen and oxygen atoms in total. The van der Waals surface area contributed by atoms with E-state index in [1.54, 1.807) is 17.4 Å². The minimum Gasteiger partial charge on any atom is -0.316 e. The highest BCUT2D eigenvalue weighted by atomic mass is 35.5. The molecule has 0 spiro atoms. The molecule has 3 rings (SSSR count). The van der Waals surface area contributed by atoms with Crippen molar-refractivity contribution in [2.75, 3.05) is 19.6 Å². The van der Waals surface area contributed by atoms with Crippen LogP contribution in [0.3, 0.4) is 0 Å². The predicted molar refractivity (Wildman–Crippen MR) is 98.2 cm³/mol. The average Bonchev–Trinajstić information content (AvgIpc) is 3.15. The standard InChI is InChI=1S/C14H19N3O2S3.ClH/c1-10-17-12(9-20-10)13-4-5-14(21-13)22(18,19)16-8-11-3-2-6-15-7-11;/h4-5,9,11,15-16H,2-3,6-8H2,1H3;1H. The number of piperidine rings is 1. The molecule has 1 fully saturated rings. The van der Waals surface area contributed by atoms with E-state index in [0.29, 0.717) is 16.7 Å². The van der Waals surface area contributed by atoms with Crippen LogP contribution in [0.2, 0.25) is 0 Å². The molecule has 2 aromatic rings. The number of hydrogen-bond acceptors (Lipinski definition) is 6. The van der Waals surface area contributed by atoms with E-state index in [-0.39, 0.29) is 12.4 Å². The van der Waals surface area contributed by atoms with Gasteiger partial charge in [0.05, 0.1) is 15.6 Å². The Hall–Kier alpha value is -0.510. The Labute approximate surface area is 151 Å². The van der Waals surface area contributed by atoms with Crippen molar-refractivity contribution in [1.82, 2.24) is 15.0 Å². The van der Waals surface area contributed by atoms with Gasteiger partial charge < -0.3 is 5.32 Å². The molecule has 1 atom stereocenters. The zero-order chi connectivity index (χ0) is 15.6. The Bertz CT molecular complexity index is 736. The van der Waals surface area contributed by atoms with Crippen molar-refractivity contribution in [2.24, 2.45) is 5.92 Å². The van der Waals surface area contributed by atoms with Crippen LogP contribution in [0.25, 0.3) is 10.6 Å². The van der Waals surface area contributed by atoms with Crippen LogP contribution in [0, 0.1) is 12.8 Å². The van der Waals surface area contributed by atoms with E-state index in [9.17, 15) is 8.42 Å². The number of aromatic nitrogens is 1. The molecule has 9 heteroatoms. The summed E-state index contributed by atoms with van der Waals surface area (Å²) >= 11 is 2.84. The van der Waals surface area contributed by atoms with Gasteiger partial charge in [0.2, 0.25) is 10.0 Å². The lowest BCUT2D eigenvalue weighted by atomic mass is 10.0. The fourth-order valence-electron chi connectivity index (χ4n) is 2.48. The SMILES string of the molecule is Cc1nc(-c2ccc(S(=O)(=O)NCC3CCCNC3)s2)cs1.Cl. The van der Waals surface area contributed by atoms with E-state index in [0.717, 1.165) is 41.5 Å². The fourth-order valence-corrected chi connectivity index (χ4v) is 5.59.